The Kier molecular flexibility index (Phi) is 4.08. The Morgan fingerprint density at radius 1 is 1.35 bits per heavy atom. The molecule has 0 spiro atoms. The average Bonchev–Trinajstić information content (AvgIpc) is 3.05. The van der Waals surface area contributed by atoms with Gasteiger partial charge in [-0.3, -0.25) is 4.79 Å². The first-order valence-corrected chi connectivity index (χ1v) is 8.27. The molecule has 1 aliphatic heterocycles. The van der Waals surface area contributed by atoms with Gasteiger partial charge in [0, 0.05) is 30.9 Å². The molecule has 0 unspecified atom stereocenters. The quantitative estimate of drug-likeness (QED) is 0.893. The number of anilines is 2. The number of hydrogen-bond donors (Lipinski definition) is 1. The lowest BCUT2D eigenvalue weighted by atomic mass is 10.2. The van der Waals surface area contributed by atoms with Gasteiger partial charge in [0.05, 0.1) is 3.79 Å². The zero-order chi connectivity index (χ0) is 13.9. The largest absolute Gasteiger partial charge is 0.381 e. The fourth-order valence-electron chi connectivity index (χ4n) is 2.35. The maximum absolute atomic E-state index is 11.8. The maximum atomic E-state index is 11.8. The van der Waals surface area contributed by atoms with Gasteiger partial charge in [-0.1, -0.05) is 6.07 Å². The first-order chi connectivity index (χ1) is 9.72. The van der Waals surface area contributed by atoms with Gasteiger partial charge in [0.25, 0.3) is 0 Å². The number of rotatable bonds is 4. The minimum absolute atomic E-state index is 0.226. The third kappa shape index (κ3) is 3.04. The van der Waals surface area contributed by atoms with E-state index < -0.39 is 0 Å². The number of benzene rings is 1. The molecule has 3 rings (SSSR count). The summed E-state index contributed by atoms with van der Waals surface area (Å²) < 4.78 is 1.14. The molecule has 0 bridgehead atoms. The Hall–Kier alpha value is -1.33. The molecular weight excluding hydrogens is 336 g/mol. The van der Waals surface area contributed by atoms with Gasteiger partial charge in [0.2, 0.25) is 5.91 Å². The van der Waals surface area contributed by atoms with Crippen molar-refractivity contribution in [2.24, 2.45) is 0 Å². The molecule has 0 atom stereocenters. The number of hydrogen-bond acceptors (Lipinski definition) is 3. The van der Waals surface area contributed by atoms with Crippen molar-refractivity contribution in [1.82, 2.24) is 0 Å². The second-order valence-electron chi connectivity index (χ2n) is 4.81. The summed E-state index contributed by atoms with van der Waals surface area (Å²) in [4.78, 5) is 13.6. The van der Waals surface area contributed by atoms with Crippen LogP contribution >= 0.6 is 27.3 Å². The van der Waals surface area contributed by atoms with E-state index >= 15 is 0 Å². The van der Waals surface area contributed by atoms with E-state index in [1.165, 1.54) is 5.56 Å². The van der Waals surface area contributed by atoms with Gasteiger partial charge in [0.1, 0.15) is 0 Å². The van der Waals surface area contributed by atoms with Gasteiger partial charge < -0.3 is 10.2 Å². The Balaban J connectivity index is 1.69. The minimum atomic E-state index is 0.226. The highest BCUT2D eigenvalue weighted by molar-refractivity contribution is 9.11. The molecule has 104 valence electrons. The Morgan fingerprint density at radius 3 is 2.95 bits per heavy atom. The van der Waals surface area contributed by atoms with Crippen LogP contribution in [-0.2, 0) is 11.3 Å². The third-order valence-corrected chi connectivity index (χ3v) is 4.90. The van der Waals surface area contributed by atoms with Gasteiger partial charge in [-0.15, -0.1) is 11.3 Å². The summed E-state index contributed by atoms with van der Waals surface area (Å²) in [5.41, 5.74) is 3.29. The summed E-state index contributed by atoms with van der Waals surface area (Å²) >= 11 is 5.16. The second-order valence-corrected chi connectivity index (χ2v) is 7.10. The van der Waals surface area contributed by atoms with Gasteiger partial charge in [0.15, 0.2) is 0 Å². The number of nitrogens with one attached hydrogen (secondary N) is 1. The van der Waals surface area contributed by atoms with Crippen molar-refractivity contribution in [2.45, 2.75) is 19.4 Å². The summed E-state index contributed by atoms with van der Waals surface area (Å²) in [5.74, 6) is 0.226. The van der Waals surface area contributed by atoms with E-state index in [4.69, 9.17) is 0 Å². The van der Waals surface area contributed by atoms with Crippen molar-refractivity contribution >= 4 is 44.5 Å². The van der Waals surface area contributed by atoms with E-state index in [0.29, 0.717) is 6.42 Å². The van der Waals surface area contributed by atoms with E-state index in [-0.39, 0.29) is 5.91 Å². The molecule has 1 aromatic heterocycles. The molecular formula is C15H15BrN2OS. The van der Waals surface area contributed by atoms with Crippen LogP contribution < -0.4 is 10.2 Å². The third-order valence-electron chi connectivity index (χ3n) is 3.35. The van der Waals surface area contributed by atoms with Crippen LogP contribution in [0, 0.1) is 0 Å². The molecule has 3 nitrogen and oxygen atoms in total. The summed E-state index contributed by atoms with van der Waals surface area (Å²) in [6.07, 6.45) is 1.63. The zero-order valence-electron chi connectivity index (χ0n) is 10.9. The number of carbonyl (C=O) groups is 1. The highest BCUT2D eigenvalue weighted by Crippen LogP contribution is 2.25. The predicted octanol–water partition coefficient (Wildman–Crippen LogP) is 4.25. The molecule has 2 aromatic rings. The van der Waals surface area contributed by atoms with E-state index in [2.05, 4.69) is 32.7 Å². The molecule has 1 amide bonds. The summed E-state index contributed by atoms with van der Waals surface area (Å²) in [6, 6.07) is 10.2. The fraction of sp³-hybridized carbons (Fsp3) is 0.267. The summed E-state index contributed by atoms with van der Waals surface area (Å²) in [5, 5.41) is 5.53. The molecule has 1 aliphatic rings. The van der Waals surface area contributed by atoms with Crippen LogP contribution in [0.4, 0.5) is 11.4 Å². The van der Waals surface area contributed by atoms with Crippen molar-refractivity contribution in [2.75, 3.05) is 16.8 Å². The highest BCUT2D eigenvalue weighted by Gasteiger charge is 2.21. The molecule has 0 saturated carbocycles. The Bertz CT molecular complexity index is 626. The number of nitrogens with zero attached hydrogens (tertiary/aromatic N) is 1. The normalized spacial score (nSPS) is 14.8. The molecule has 1 saturated heterocycles. The first kappa shape index (κ1) is 13.6. The van der Waals surface area contributed by atoms with E-state index in [1.807, 2.05) is 29.2 Å². The predicted molar refractivity (Wildman–Crippen MR) is 87.4 cm³/mol. The standard InChI is InChI=1S/C15H15BrN2OS/c16-14-7-11(10-20-14)9-17-12-3-1-4-13(8-12)18-6-2-5-15(18)19/h1,3-4,7-8,10,17H,2,5-6,9H2. The van der Waals surface area contributed by atoms with Crippen LogP contribution in [-0.4, -0.2) is 12.5 Å². The van der Waals surface area contributed by atoms with E-state index in [1.54, 1.807) is 11.3 Å². The number of halogens is 1. The lowest BCUT2D eigenvalue weighted by Gasteiger charge is -2.17. The number of amides is 1. The van der Waals surface area contributed by atoms with E-state index in [0.717, 1.165) is 34.7 Å². The lowest BCUT2D eigenvalue weighted by Crippen LogP contribution is -2.23. The van der Waals surface area contributed by atoms with Crippen molar-refractivity contribution in [3.05, 3.63) is 45.1 Å². The number of thiophene rings is 1. The van der Waals surface area contributed by atoms with Crippen molar-refractivity contribution in [3.63, 3.8) is 0 Å². The first-order valence-electron chi connectivity index (χ1n) is 6.59. The lowest BCUT2D eigenvalue weighted by molar-refractivity contribution is -0.117. The molecule has 1 aromatic carbocycles. The van der Waals surface area contributed by atoms with Crippen molar-refractivity contribution in [3.8, 4) is 0 Å². The smallest absolute Gasteiger partial charge is 0.227 e. The molecule has 1 fully saturated rings. The van der Waals surface area contributed by atoms with Crippen LogP contribution in [0.1, 0.15) is 18.4 Å². The topological polar surface area (TPSA) is 32.3 Å². The van der Waals surface area contributed by atoms with Gasteiger partial charge in [-0.2, -0.15) is 0 Å². The number of carbonyl (C=O) groups excluding carboxylic acids is 1. The zero-order valence-corrected chi connectivity index (χ0v) is 13.3. The molecule has 5 heteroatoms. The Morgan fingerprint density at radius 2 is 2.25 bits per heavy atom. The second kappa shape index (κ2) is 5.97. The molecule has 1 N–H and O–H groups in total. The molecule has 20 heavy (non-hydrogen) atoms. The molecule has 0 radical (unpaired) electrons. The average molecular weight is 351 g/mol. The van der Waals surface area contributed by atoms with Crippen molar-refractivity contribution < 1.29 is 4.79 Å². The van der Waals surface area contributed by atoms with Gasteiger partial charge >= 0.3 is 0 Å². The van der Waals surface area contributed by atoms with E-state index in [9.17, 15) is 4.79 Å². The molecule has 2 heterocycles. The molecule has 0 aliphatic carbocycles. The van der Waals surface area contributed by atoms with Gasteiger partial charge in [-0.25, -0.2) is 0 Å². The van der Waals surface area contributed by atoms with Crippen LogP contribution in [0.15, 0.2) is 39.5 Å². The minimum Gasteiger partial charge on any atom is -0.381 e. The monoisotopic (exact) mass is 350 g/mol. The van der Waals surface area contributed by atoms with Crippen LogP contribution in [0.3, 0.4) is 0 Å². The van der Waals surface area contributed by atoms with Crippen LogP contribution in [0.25, 0.3) is 0 Å². The summed E-state index contributed by atoms with van der Waals surface area (Å²) in [6.45, 7) is 1.62. The maximum Gasteiger partial charge on any atom is 0.227 e. The Labute approximate surface area is 130 Å². The van der Waals surface area contributed by atoms with Crippen LogP contribution in [0.5, 0.6) is 0 Å². The van der Waals surface area contributed by atoms with Crippen molar-refractivity contribution in [1.29, 1.82) is 0 Å². The summed E-state index contributed by atoms with van der Waals surface area (Å²) in [7, 11) is 0. The van der Waals surface area contributed by atoms with Crippen LogP contribution in [0.2, 0.25) is 0 Å². The fourth-order valence-corrected chi connectivity index (χ4v) is 3.56. The SMILES string of the molecule is O=C1CCCN1c1cccc(NCc2csc(Br)c2)c1. The van der Waals surface area contributed by atoms with Gasteiger partial charge in [-0.05, 0) is 57.6 Å². The highest BCUT2D eigenvalue weighted by atomic mass is 79.9.